The Morgan fingerprint density at radius 3 is 2.94 bits per heavy atom. The van der Waals surface area contributed by atoms with Crippen molar-refractivity contribution in [3.8, 4) is 0 Å². The molecule has 1 aromatic heterocycles. The van der Waals surface area contributed by atoms with Crippen LogP contribution in [-0.2, 0) is 16.1 Å². The average Bonchev–Trinajstić information content (AvgIpc) is 2.78. The number of rotatable bonds is 8. The minimum Gasteiger partial charge on any atom is -0.466 e. The lowest BCUT2D eigenvalue weighted by molar-refractivity contribution is -0.143. The van der Waals surface area contributed by atoms with Crippen molar-refractivity contribution in [3.63, 3.8) is 0 Å². The molecule has 0 amide bonds. The summed E-state index contributed by atoms with van der Waals surface area (Å²) in [5.41, 5.74) is 1.03. The van der Waals surface area contributed by atoms with Crippen LogP contribution in [0.5, 0.6) is 0 Å². The summed E-state index contributed by atoms with van der Waals surface area (Å²) in [7, 11) is 0. The third kappa shape index (κ3) is 5.31. The van der Waals surface area contributed by atoms with Gasteiger partial charge >= 0.3 is 5.97 Å². The first kappa shape index (κ1) is 14.7. The maximum atomic E-state index is 11.1. The van der Waals surface area contributed by atoms with Crippen molar-refractivity contribution in [3.05, 3.63) is 18.0 Å². The van der Waals surface area contributed by atoms with E-state index in [0.717, 1.165) is 25.2 Å². The van der Waals surface area contributed by atoms with Gasteiger partial charge in [-0.2, -0.15) is 5.10 Å². The van der Waals surface area contributed by atoms with Crippen LogP contribution in [0.3, 0.4) is 0 Å². The Hall–Kier alpha value is -1.36. The summed E-state index contributed by atoms with van der Waals surface area (Å²) < 4.78 is 6.79. The fourth-order valence-electron chi connectivity index (χ4n) is 1.57. The van der Waals surface area contributed by atoms with E-state index in [-0.39, 0.29) is 5.97 Å². The standard InChI is InChI=1S/C13H23N3O2/c1-4-18-13(17)6-5-8-14-10-12-7-9-16(15-12)11(2)3/h7,9,11,14H,4-6,8,10H2,1-3H3. The van der Waals surface area contributed by atoms with Gasteiger partial charge in [-0.25, -0.2) is 0 Å². The molecule has 0 aliphatic carbocycles. The van der Waals surface area contributed by atoms with Crippen LogP contribution in [0, 0.1) is 0 Å². The van der Waals surface area contributed by atoms with Crippen molar-refractivity contribution in [2.24, 2.45) is 0 Å². The van der Waals surface area contributed by atoms with Crippen LogP contribution in [-0.4, -0.2) is 28.9 Å². The molecule has 0 aliphatic heterocycles. The molecule has 1 N–H and O–H groups in total. The largest absolute Gasteiger partial charge is 0.466 e. The lowest BCUT2D eigenvalue weighted by Gasteiger charge is -2.05. The minimum atomic E-state index is -0.122. The number of carbonyl (C=O) groups excluding carboxylic acids is 1. The first-order chi connectivity index (χ1) is 8.63. The average molecular weight is 253 g/mol. The maximum absolute atomic E-state index is 11.1. The highest BCUT2D eigenvalue weighted by Gasteiger charge is 2.03. The van der Waals surface area contributed by atoms with E-state index in [0.29, 0.717) is 19.1 Å². The molecule has 0 fully saturated rings. The third-order valence-corrected chi connectivity index (χ3v) is 2.54. The summed E-state index contributed by atoms with van der Waals surface area (Å²) in [6.07, 6.45) is 3.26. The molecule has 0 atom stereocenters. The zero-order chi connectivity index (χ0) is 13.4. The monoisotopic (exact) mass is 253 g/mol. The Labute approximate surface area is 109 Å². The van der Waals surface area contributed by atoms with Crippen LogP contribution in [0.25, 0.3) is 0 Å². The molecule has 1 heterocycles. The Balaban J connectivity index is 2.12. The van der Waals surface area contributed by atoms with Gasteiger partial charge in [-0.15, -0.1) is 0 Å². The van der Waals surface area contributed by atoms with E-state index in [1.54, 1.807) is 0 Å². The summed E-state index contributed by atoms with van der Waals surface area (Å²) >= 11 is 0. The molecule has 0 radical (unpaired) electrons. The van der Waals surface area contributed by atoms with E-state index in [9.17, 15) is 4.79 Å². The topological polar surface area (TPSA) is 56.1 Å². The summed E-state index contributed by atoms with van der Waals surface area (Å²) in [5.74, 6) is -0.122. The molecule has 18 heavy (non-hydrogen) atoms. The Morgan fingerprint density at radius 1 is 1.56 bits per heavy atom. The second-order valence-corrected chi connectivity index (χ2v) is 4.47. The van der Waals surface area contributed by atoms with E-state index in [4.69, 9.17) is 4.74 Å². The summed E-state index contributed by atoms with van der Waals surface area (Å²) in [6, 6.07) is 2.40. The summed E-state index contributed by atoms with van der Waals surface area (Å²) in [5, 5.41) is 7.70. The smallest absolute Gasteiger partial charge is 0.305 e. The molecule has 0 saturated carbocycles. The van der Waals surface area contributed by atoms with Gasteiger partial charge in [0.15, 0.2) is 0 Å². The van der Waals surface area contributed by atoms with Gasteiger partial charge in [-0.3, -0.25) is 9.48 Å². The van der Waals surface area contributed by atoms with Crippen molar-refractivity contribution < 1.29 is 9.53 Å². The molecule has 0 spiro atoms. The summed E-state index contributed by atoms with van der Waals surface area (Å²) in [4.78, 5) is 11.1. The zero-order valence-corrected chi connectivity index (χ0v) is 11.5. The van der Waals surface area contributed by atoms with Gasteiger partial charge in [0, 0.05) is 25.2 Å². The van der Waals surface area contributed by atoms with Gasteiger partial charge in [0.1, 0.15) is 0 Å². The van der Waals surface area contributed by atoms with Crippen molar-refractivity contribution in [2.75, 3.05) is 13.2 Å². The molecule has 5 heteroatoms. The Morgan fingerprint density at radius 2 is 2.33 bits per heavy atom. The number of carbonyl (C=O) groups is 1. The van der Waals surface area contributed by atoms with Crippen molar-refractivity contribution in [2.45, 2.75) is 46.2 Å². The molecular weight excluding hydrogens is 230 g/mol. The van der Waals surface area contributed by atoms with Crippen LogP contribution in [0.15, 0.2) is 12.3 Å². The number of esters is 1. The zero-order valence-electron chi connectivity index (χ0n) is 11.5. The van der Waals surface area contributed by atoms with Gasteiger partial charge in [0.2, 0.25) is 0 Å². The molecule has 5 nitrogen and oxygen atoms in total. The maximum Gasteiger partial charge on any atom is 0.305 e. The molecule has 0 saturated heterocycles. The van der Waals surface area contributed by atoms with Gasteiger partial charge in [-0.1, -0.05) is 0 Å². The molecule has 1 rings (SSSR count). The second kappa shape index (κ2) is 7.87. The van der Waals surface area contributed by atoms with Crippen LogP contribution >= 0.6 is 0 Å². The molecule has 102 valence electrons. The third-order valence-electron chi connectivity index (χ3n) is 2.54. The fraction of sp³-hybridized carbons (Fsp3) is 0.692. The molecule has 0 bridgehead atoms. The quantitative estimate of drug-likeness (QED) is 0.568. The van der Waals surface area contributed by atoms with E-state index in [2.05, 4.69) is 24.3 Å². The first-order valence-electron chi connectivity index (χ1n) is 6.53. The van der Waals surface area contributed by atoms with Crippen LogP contribution < -0.4 is 5.32 Å². The normalized spacial score (nSPS) is 10.9. The predicted molar refractivity (Wildman–Crippen MR) is 70.2 cm³/mol. The van der Waals surface area contributed by atoms with E-state index >= 15 is 0 Å². The van der Waals surface area contributed by atoms with E-state index in [1.807, 2.05) is 23.9 Å². The number of hydrogen-bond acceptors (Lipinski definition) is 4. The molecule has 0 aliphatic rings. The number of hydrogen-bond donors (Lipinski definition) is 1. The van der Waals surface area contributed by atoms with Crippen molar-refractivity contribution in [1.29, 1.82) is 0 Å². The molecule has 0 aromatic carbocycles. The van der Waals surface area contributed by atoms with Crippen molar-refractivity contribution >= 4 is 5.97 Å². The van der Waals surface area contributed by atoms with Crippen LogP contribution in [0.2, 0.25) is 0 Å². The molecule has 1 aromatic rings. The van der Waals surface area contributed by atoms with Gasteiger partial charge in [0.25, 0.3) is 0 Å². The van der Waals surface area contributed by atoms with Gasteiger partial charge in [-0.05, 0) is 39.8 Å². The van der Waals surface area contributed by atoms with Gasteiger partial charge in [0.05, 0.1) is 12.3 Å². The highest BCUT2D eigenvalue weighted by atomic mass is 16.5. The SMILES string of the molecule is CCOC(=O)CCCNCc1ccn(C(C)C)n1. The molecular formula is C13H23N3O2. The van der Waals surface area contributed by atoms with E-state index < -0.39 is 0 Å². The highest BCUT2D eigenvalue weighted by Crippen LogP contribution is 2.03. The van der Waals surface area contributed by atoms with E-state index in [1.165, 1.54) is 0 Å². The lowest BCUT2D eigenvalue weighted by Crippen LogP contribution is -2.17. The predicted octanol–water partition coefficient (Wildman–Crippen LogP) is 1.90. The number of nitrogens with zero attached hydrogens (tertiary/aromatic N) is 2. The first-order valence-corrected chi connectivity index (χ1v) is 6.53. The highest BCUT2D eigenvalue weighted by molar-refractivity contribution is 5.69. The fourth-order valence-corrected chi connectivity index (χ4v) is 1.57. The van der Waals surface area contributed by atoms with Crippen molar-refractivity contribution in [1.82, 2.24) is 15.1 Å². The van der Waals surface area contributed by atoms with Crippen LogP contribution in [0.1, 0.15) is 45.3 Å². The van der Waals surface area contributed by atoms with Gasteiger partial charge < -0.3 is 10.1 Å². The minimum absolute atomic E-state index is 0.122. The Bertz CT molecular complexity index is 361. The number of aromatic nitrogens is 2. The second-order valence-electron chi connectivity index (χ2n) is 4.47. The lowest BCUT2D eigenvalue weighted by atomic mass is 10.3. The number of ether oxygens (including phenoxy) is 1. The van der Waals surface area contributed by atoms with Crippen LogP contribution in [0.4, 0.5) is 0 Å². The Kier molecular flexibility index (Phi) is 6.43. The molecule has 0 unspecified atom stereocenters. The summed E-state index contributed by atoms with van der Waals surface area (Å²) in [6.45, 7) is 8.02. The number of nitrogens with one attached hydrogen (secondary N) is 1.